The van der Waals surface area contributed by atoms with E-state index in [1.807, 2.05) is 32.9 Å². The number of carbonyl (C=O) groups is 2. The molecule has 10 heteroatoms. The van der Waals surface area contributed by atoms with Crippen LogP contribution in [0.2, 0.25) is 0 Å². The Morgan fingerprint density at radius 2 is 1.54 bits per heavy atom. The summed E-state index contributed by atoms with van der Waals surface area (Å²) in [7, 11) is -3.81. The van der Waals surface area contributed by atoms with Gasteiger partial charge < -0.3 is 9.47 Å². The largest absolute Gasteiger partial charge is 0.494 e. The van der Waals surface area contributed by atoms with Crippen LogP contribution < -0.4 is 25.0 Å². The molecule has 0 aliphatic rings. The Morgan fingerprint density at radius 3 is 2.17 bits per heavy atom. The van der Waals surface area contributed by atoms with Gasteiger partial charge in [0.25, 0.3) is 21.8 Å². The summed E-state index contributed by atoms with van der Waals surface area (Å²) >= 11 is 0. The predicted octanol–water partition coefficient (Wildman–Crippen LogP) is 3.34. The molecule has 0 aliphatic heterocycles. The molecule has 0 aliphatic carbocycles. The lowest BCUT2D eigenvalue weighted by Gasteiger charge is -2.11. The van der Waals surface area contributed by atoms with Crippen molar-refractivity contribution >= 4 is 27.5 Å². The van der Waals surface area contributed by atoms with Crippen molar-refractivity contribution in [2.45, 2.75) is 25.7 Å². The van der Waals surface area contributed by atoms with Gasteiger partial charge in [0.1, 0.15) is 11.5 Å². The minimum atomic E-state index is -3.81. The first kappa shape index (κ1) is 25.6. The van der Waals surface area contributed by atoms with Crippen molar-refractivity contribution in [1.82, 2.24) is 10.9 Å². The molecule has 3 N–H and O–H groups in total. The number of hydrogen-bond acceptors (Lipinski definition) is 6. The molecule has 0 atom stereocenters. The first-order chi connectivity index (χ1) is 16.7. The first-order valence-electron chi connectivity index (χ1n) is 10.8. The van der Waals surface area contributed by atoms with E-state index in [4.69, 9.17) is 9.47 Å². The second-order valence-corrected chi connectivity index (χ2v) is 9.33. The number of hydrogen-bond donors (Lipinski definition) is 3. The molecule has 2 amide bonds. The van der Waals surface area contributed by atoms with Crippen LogP contribution in [0.25, 0.3) is 0 Å². The molecule has 3 aromatic carbocycles. The number of hydrazine groups is 1. The molecule has 0 aromatic heterocycles. The van der Waals surface area contributed by atoms with E-state index in [1.165, 1.54) is 36.4 Å². The molecular formula is C25H27N3O6S. The van der Waals surface area contributed by atoms with E-state index in [9.17, 15) is 18.0 Å². The molecule has 3 aromatic rings. The van der Waals surface area contributed by atoms with Gasteiger partial charge in [-0.25, -0.2) is 8.42 Å². The molecule has 0 unspecified atom stereocenters. The van der Waals surface area contributed by atoms with Gasteiger partial charge in [-0.1, -0.05) is 17.7 Å². The molecule has 0 bridgehead atoms. The minimum absolute atomic E-state index is 0.0773. The lowest BCUT2D eigenvalue weighted by atomic mass is 10.1. The van der Waals surface area contributed by atoms with Gasteiger partial charge in [0.2, 0.25) is 0 Å². The summed E-state index contributed by atoms with van der Waals surface area (Å²) in [6, 6.07) is 17.4. The number of rotatable bonds is 9. The number of amides is 2. The van der Waals surface area contributed by atoms with Crippen molar-refractivity contribution in [2.24, 2.45) is 0 Å². The number of nitrogens with one attached hydrogen (secondary N) is 3. The zero-order chi connectivity index (χ0) is 25.4. The van der Waals surface area contributed by atoms with Crippen LogP contribution in [0.1, 0.15) is 28.4 Å². The molecule has 0 radical (unpaired) electrons. The van der Waals surface area contributed by atoms with Crippen LogP contribution in [-0.2, 0) is 14.8 Å². The van der Waals surface area contributed by atoms with E-state index in [1.54, 1.807) is 18.2 Å². The van der Waals surface area contributed by atoms with Crippen LogP contribution in [0, 0.1) is 13.8 Å². The fraction of sp³-hybridized carbons (Fsp3) is 0.200. The fourth-order valence-corrected chi connectivity index (χ4v) is 4.18. The van der Waals surface area contributed by atoms with Crippen LogP contribution in [0.4, 0.5) is 5.69 Å². The zero-order valence-corrected chi connectivity index (χ0v) is 20.4. The van der Waals surface area contributed by atoms with E-state index < -0.39 is 21.8 Å². The van der Waals surface area contributed by atoms with Crippen LogP contribution in [0.15, 0.2) is 71.6 Å². The van der Waals surface area contributed by atoms with Crippen molar-refractivity contribution in [3.8, 4) is 11.5 Å². The van der Waals surface area contributed by atoms with E-state index >= 15 is 0 Å². The molecule has 184 valence electrons. The third kappa shape index (κ3) is 7.21. The maximum atomic E-state index is 12.6. The lowest BCUT2D eigenvalue weighted by Crippen LogP contribution is -2.43. The minimum Gasteiger partial charge on any atom is -0.494 e. The van der Waals surface area contributed by atoms with E-state index in [2.05, 4.69) is 15.6 Å². The number of aryl methyl sites for hydroxylation is 2. The summed E-state index contributed by atoms with van der Waals surface area (Å²) in [6.45, 7) is 5.89. The Hall–Kier alpha value is -4.05. The van der Waals surface area contributed by atoms with Crippen LogP contribution >= 0.6 is 0 Å². The molecule has 0 heterocycles. The van der Waals surface area contributed by atoms with Crippen molar-refractivity contribution in [2.75, 3.05) is 17.9 Å². The second kappa shape index (κ2) is 11.4. The average molecular weight is 498 g/mol. The van der Waals surface area contributed by atoms with Gasteiger partial charge >= 0.3 is 0 Å². The molecule has 0 fully saturated rings. The number of ether oxygens (including phenoxy) is 2. The maximum absolute atomic E-state index is 12.6. The SMILES string of the molecule is CCOc1ccc(S(=O)(=O)Nc2ccc(C(=O)NNC(=O)COc3ccc(C)cc3C)cc2)cc1. The highest BCUT2D eigenvalue weighted by Crippen LogP contribution is 2.20. The monoisotopic (exact) mass is 497 g/mol. The summed E-state index contributed by atoms with van der Waals surface area (Å²) in [4.78, 5) is 24.4. The molecular weight excluding hydrogens is 470 g/mol. The number of benzene rings is 3. The first-order valence-corrected chi connectivity index (χ1v) is 12.3. The Balaban J connectivity index is 1.51. The smallest absolute Gasteiger partial charge is 0.276 e. The van der Waals surface area contributed by atoms with E-state index in [-0.39, 0.29) is 22.8 Å². The van der Waals surface area contributed by atoms with Gasteiger partial charge in [0.05, 0.1) is 11.5 Å². The molecule has 0 saturated carbocycles. The third-order valence-corrected chi connectivity index (χ3v) is 6.25. The van der Waals surface area contributed by atoms with Crippen molar-refractivity contribution in [3.63, 3.8) is 0 Å². The average Bonchev–Trinajstić information content (AvgIpc) is 2.83. The summed E-state index contributed by atoms with van der Waals surface area (Å²) in [5.41, 5.74) is 7.08. The third-order valence-electron chi connectivity index (χ3n) is 4.85. The van der Waals surface area contributed by atoms with Crippen LogP contribution in [0.5, 0.6) is 11.5 Å². The second-order valence-electron chi connectivity index (χ2n) is 7.65. The zero-order valence-electron chi connectivity index (χ0n) is 19.6. The van der Waals surface area contributed by atoms with E-state index in [0.29, 0.717) is 18.1 Å². The van der Waals surface area contributed by atoms with Crippen molar-refractivity contribution < 1.29 is 27.5 Å². The topological polar surface area (TPSA) is 123 Å². The van der Waals surface area contributed by atoms with Gasteiger partial charge in [-0.15, -0.1) is 0 Å². The van der Waals surface area contributed by atoms with Crippen LogP contribution in [-0.4, -0.2) is 33.4 Å². The Labute approximate surface area is 204 Å². The molecule has 0 saturated heterocycles. The highest BCUT2D eigenvalue weighted by atomic mass is 32.2. The molecule has 9 nitrogen and oxygen atoms in total. The van der Waals surface area contributed by atoms with Gasteiger partial charge in [-0.2, -0.15) is 0 Å². The van der Waals surface area contributed by atoms with Gasteiger partial charge in [0, 0.05) is 11.3 Å². The summed E-state index contributed by atoms with van der Waals surface area (Å²) < 4.78 is 38.4. The molecule has 0 spiro atoms. The number of anilines is 1. The van der Waals surface area contributed by atoms with Gasteiger partial charge in [0.15, 0.2) is 6.61 Å². The van der Waals surface area contributed by atoms with Gasteiger partial charge in [-0.3, -0.25) is 25.2 Å². The highest BCUT2D eigenvalue weighted by Gasteiger charge is 2.15. The lowest BCUT2D eigenvalue weighted by molar-refractivity contribution is -0.123. The Morgan fingerprint density at radius 1 is 0.857 bits per heavy atom. The maximum Gasteiger partial charge on any atom is 0.276 e. The highest BCUT2D eigenvalue weighted by molar-refractivity contribution is 7.92. The quantitative estimate of drug-likeness (QED) is 0.390. The number of sulfonamides is 1. The van der Waals surface area contributed by atoms with Crippen molar-refractivity contribution in [3.05, 3.63) is 83.4 Å². The number of carbonyl (C=O) groups excluding carboxylic acids is 2. The molecule has 35 heavy (non-hydrogen) atoms. The summed E-state index contributed by atoms with van der Waals surface area (Å²) in [6.07, 6.45) is 0. The Kier molecular flexibility index (Phi) is 8.32. The van der Waals surface area contributed by atoms with Crippen LogP contribution in [0.3, 0.4) is 0 Å². The van der Waals surface area contributed by atoms with E-state index in [0.717, 1.165) is 11.1 Å². The normalized spacial score (nSPS) is 10.8. The predicted molar refractivity (Wildman–Crippen MR) is 132 cm³/mol. The van der Waals surface area contributed by atoms with Crippen molar-refractivity contribution in [1.29, 1.82) is 0 Å². The fourth-order valence-electron chi connectivity index (χ4n) is 3.12. The van der Waals surface area contributed by atoms with Gasteiger partial charge in [-0.05, 0) is 80.9 Å². The standard InChI is InChI=1S/C25H27N3O6S/c1-4-33-21-10-12-22(13-11-21)35(31,32)28-20-8-6-19(7-9-20)25(30)27-26-24(29)16-34-23-14-5-17(2)15-18(23)3/h5-15,28H,4,16H2,1-3H3,(H,26,29)(H,27,30). The Bertz CT molecular complexity index is 1290. The summed E-state index contributed by atoms with van der Waals surface area (Å²) in [5, 5.41) is 0. The molecule has 3 rings (SSSR count). The summed E-state index contributed by atoms with van der Waals surface area (Å²) in [5.74, 6) is 0.0648.